The Hall–Kier alpha value is -5.58. The van der Waals surface area contributed by atoms with E-state index in [1.165, 1.54) is 37.7 Å². The molecular formula is C49H59N9O6S. The predicted octanol–water partition coefficient (Wildman–Crippen LogP) is 8.77. The number of piperidine rings is 1. The number of aromatic nitrogens is 3. The summed E-state index contributed by atoms with van der Waals surface area (Å²) in [7, 11) is -4.59. The van der Waals surface area contributed by atoms with Gasteiger partial charge in [-0.25, -0.2) is 23.1 Å². The van der Waals surface area contributed by atoms with E-state index in [0.29, 0.717) is 47.3 Å². The highest BCUT2D eigenvalue weighted by Gasteiger charge is 2.50. The highest BCUT2D eigenvalue weighted by Crippen LogP contribution is 2.54. The number of hydrogen-bond donors (Lipinski definition) is 3. The van der Waals surface area contributed by atoms with Crippen LogP contribution >= 0.6 is 0 Å². The molecule has 3 N–H and O–H groups in total. The van der Waals surface area contributed by atoms with Crippen LogP contribution in [0, 0.1) is 21.4 Å². The number of nitro groups is 1. The number of carbonyl (C=O) groups excluding carboxylic acids is 1. The Bertz CT molecular complexity index is 2670. The second-order valence-corrected chi connectivity index (χ2v) is 20.8. The molecule has 1 spiro atoms. The molecule has 1 amide bonds. The number of nitrogens with zero attached hydrogens (tertiary/aromatic N) is 6. The number of anilines is 2. The number of ether oxygens (including phenoxy) is 1. The Morgan fingerprint density at radius 3 is 2.48 bits per heavy atom. The van der Waals surface area contributed by atoms with Gasteiger partial charge in [0.2, 0.25) is 5.82 Å². The second kappa shape index (κ2) is 18.0. The number of nitrogens with one attached hydrogen (secondary N) is 3. The summed E-state index contributed by atoms with van der Waals surface area (Å²) in [6.45, 7) is 8.85. The fraction of sp³-hybridized carbons (Fsp3) is 0.490. The number of sulfonamides is 1. The number of fused-ring (bicyclic) bond motifs is 1. The van der Waals surface area contributed by atoms with Gasteiger partial charge in [-0.3, -0.25) is 19.8 Å². The van der Waals surface area contributed by atoms with Gasteiger partial charge in [0.15, 0.2) is 0 Å². The molecule has 10 rings (SSSR count). The summed E-state index contributed by atoms with van der Waals surface area (Å²) in [6, 6.07) is 20.0. The minimum absolute atomic E-state index is 0.00436. The normalized spacial score (nSPS) is 21.0. The number of aromatic amines is 1. The van der Waals surface area contributed by atoms with Crippen LogP contribution in [0.5, 0.6) is 11.5 Å². The summed E-state index contributed by atoms with van der Waals surface area (Å²) >= 11 is 0. The van der Waals surface area contributed by atoms with E-state index in [1.807, 2.05) is 12.1 Å². The van der Waals surface area contributed by atoms with E-state index in [-0.39, 0.29) is 17.1 Å². The highest BCUT2D eigenvalue weighted by molar-refractivity contribution is 7.90. The SMILES string of the molecule is CCN1CCN(C2CC3(CCN(c4ccc(C(=O)NS(=O)(=O)c5cnc(NCC6CCCCC6)c([N+](=O)[O-])c5)c(Oc5cnc6[nH]ccc6c5)c4)CC3)C2)[C@H](c2ccccc2C2CC2)C1. The van der Waals surface area contributed by atoms with Crippen molar-refractivity contribution < 1.29 is 22.9 Å². The van der Waals surface area contributed by atoms with Crippen molar-refractivity contribution in [2.75, 3.05) is 56.0 Å². The molecule has 5 heterocycles. The lowest BCUT2D eigenvalue weighted by atomic mass is 9.59. The lowest BCUT2D eigenvalue weighted by Crippen LogP contribution is -2.60. The maximum absolute atomic E-state index is 14.0. The third kappa shape index (κ3) is 9.17. The Morgan fingerprint density at radius 2 is 1.72 bits per heavy atom. The Kier molecular flexibility index (Phi) is 12.0. The smallest absolute Gasteiger partial charge is 0.312 e. The number of piperazine rings is 1. The first-order chi connectivity index (χ1) is 31.5. The van der Waals surface area contributed by atoms with Crippen molar-refractivity contribution in [3.8, 4) is 11.5 Å². The number of pyridine rings is 2. The third-order valence-electron chi connectivity index (χ3n) is 15.0. The fourth-order valence-electron chi connectivity index (χ4n) is 11.1. The number of likely N-dealkylation sites (N-methyl/N-ethyl adjacent to an activating group) is 1. The van der Waals surface area contributed by atoms with Crippen LogP contribution in [0.15, 0.2) is 84.1 Å². The maximum atomic E-state index is 14.0. The number of rotatable bonds is 14. The first-order valence-corrected chi connectivity index (χ1v) is 25.1. The van der Waals surface area contributed by atoms with Crippen molar-refractivity contribution in [3.63, 3.8) is 0 Å². The molecule has 2 aliphatic heterocycles. The molecule has 15 nitrogen and oxygen atoms in total. The monoisotopic (exact) mass is 901 g/mol. The van der Waals surface area contributed by atoms with Crippen LogP contribution in [0.2, 0.25) is 0 Å². The Morgan fingerprint density at radius 1 is 0.938 bits per heavy atom. The summed E-state index contributed by atoms with van der Waals surface area (Å²) in [5, 5.41) is 16.0. The lowest BCUT2D eigenvalue weighted by molar-refractivity contribution is -0.384. The van der Waals surface area contributed by atoms with Gasteiger partial charge in [0.1, 0.15) is 22.0 Å². The molecule has 1 atom stereocenters. The molecule has 5 aliphatic rings. The van der Waals surface area contributed by atoms with Gasteiger partial charge in [-0.1, -0.05) is 50.5 Å². The van der Waals surface area contributed by atoms with Crippen LogP contribution in [0.1, 0.15) is 111 Å². The van der Waals surface area contributed by atoms with Gasteiger partial charge in [0.05, 0.1) is 22.9 Å². The van der Waals surface area contributed by atoms with Gasteiger partial charge < -0.3 is 24.8 Å². The van der Waals surface area contributed by atoms with Gasteiger partial charge in [-0.15, -0.1) is 0 Å². The largest absolute Gasteiger partial charge is 0.455 e. The number of amides is 1. The molecule has 0 bridgehead atoms. The molecule has 2 saturated heterocycles. The quantitative estimate of drug-likeness (QED) is 0.0714. The number of hydrogen-bond acceptors (Lipinski definition) is 12. The standard InChI is InChI=1S/C49H59N9O6S/c1-2-55-22-23-57(44(32-55)41-11-7-6-10-40(41)34-12-13-34)37-27-49(28-37)17-20-56(21-18-49)36-14-15-42(45(25-36)64-38-24-35-16-19-50-46(35)52-30-38)48(59)54-65(62,63)39-26-43(58(60)61)47(53-31-39)51-29-33-8-4-3-5-9-33/h6-7,10-11,14-16,19,24-26,30-31,33-34,37,44H,2-5,8-9,12-13,17-18,20-23,27-29,32H2,1H3,(H,50,52)(H,51,53)(H,54,59)/t44-/m0/s1. The maximum Gasteiger partial charge on any atom is 0.312 e. The topological polar surface area (TPSA) is 179 Å². The van der Waals surface area contributed by atoms with Crippen molar-refractivity contribution in [3.05, 3.63) is 106 Å². The van der Waals surface area contributed by atoms with Gasteiger partial charge in [-0.2, -0.15) is 0 Å². The van der Waals surface area contributed by atoms with E-state index < -0.39 is 31.4 Å². The minimum atomic E-state index is -4.59. The second-order valence-electron chi connectivity index (χ2n) is 19.1. The minimum Gasteiger partial charge on any atom is -0.455 e. The summed E-state index contributed by atoms with van der Waals surface area (Å²) < 4.78 is 35.9. The first-order valence-electron chi connectivity index (χ1n) is 23.6. The molecule has 342 valence electrons. The Labute approximate surface area is 380 Å². The summed E-state index contributed by atoms with van der Waals surface area (Å²) in [4.78, 5) is 44.3. The van der Waals surface area contributed by atoms with E-state index in [9.17, 15) is 23.3 Å². The van der Waals surface area contributed by atoms with Gasteiger partial charge in [0.25, 0.3) is 15.9 Å². The zero-order valence-electron chi connectivity index (χ0n) is 37.1. The van der Waals surface area contributed by atoms with Crippen LogP contribution in [0.3, 0.4) is 0 Å². The van der Waals surface area contributed by atoms with E-state index in [1.54, 1.807) is 36.2 Å². The molecule has 5 fully saturated rings. The molecule has 3 aromatic heterocycles. The fourth-order valence-corrected chi connectivity index (χ4v) is 12.0. The van der Waals surface area contributed by atoms with Crippen LogP contribution < -0.4 is 19.7 Å². The summed E-state index contributed by atoms with van der Waals surface area (Å²) in [5.41, 5.74) is 4.43. The molecule has 0 unspecified atom stereocenters. The van der Waals surface area contributed by atoms with Crippen LogP contribution in [-0.2, 0) is 10.0 Å². The lowest BCUT2D eigenvalue weighted by Gasteiger charge is -2.58. The molecular weight excluding hydrogens is 843 g/mol. The highest BCUT2D eigenvalue weighted by atomic mass is 32.2. The molecule has 2 aromatic carbocycles. The summed E-state index contributed by atoms with van der Waals surface area (Å²) in [5.74, 6) is 0.665. The third-order valence-corrected chi connectivity index (χ3v) is 16.3. The number of carbonyl (C=O) groups is 1. The molecule has 65 heavy (non-hydrogen) atoms. The average Bonchev–Trinajstić information content (AvgIpc) is 4.06. The van der Waals surface area contributed by atoms with Crippen molar-refractivity contribution >= 4 is 44.2 Å². The predicted molar refractivity (Wildman–Crippen MR) is 250 cm³/mol. The van der Waals surface area contributed by atoms with E-state index in [4.69, 9.17) is 4.74 Å². The zero-order chi connectivity index (χ0) is 44.7. The first kappa shape index (κ1) is 43.3. The molecule has 3 aliphatic carbocycles. The van der Waals surface area contributed by atoms with Gasteiger partial charge >= 0.3 is 5.69 Å². The number of benzene rings is 2. The van der Waals surface area contributed by atoms with Crippen LogP contribution in [0.25, 0.3) is 11.0 Å². The molecule has 5 aromatic rings. The Balaban J connectivity index is 0.843. The summed E-state index contributed by atoms with van der Waals surface area (Å²) in [6.07, 6.45) is 16.9. The van der Waals surface area contributed by atoms with Crippen LogP contribution in [-0.4, -0.2) is 95.9 Å². The van der Waals surface area contributed by atoms with E-state index in [2.05, 4.69) is 70.9 Å². The van der Waals surface area contributed by atoms with Gasteiger partial charge in [0, 0.05) is 80.8 Å². The van der Waals surface area contributed by atoms with Crippen molar-refractivity contribution in [1.29, 1.82) is 0 Å². The zero-order valence-corrected chi connectivity index (χ0v) is 37.9. The van der Waals surface area contributed by atoms with Crippen LogP contribution in [0.4, 0.5) is 17.2 Å². The van der Waals surface area contributed by atoms with E-state index in [0.717, 1.165) is 101 Å². The average molecular weight is 902 g/mol. The molecule has 16 heteroatoms. The molecule has 3 saturated carbocycles. The van der Waals surface area contributed by atoms with Crippen molar-refractivity contribution in [2.24, 2.45) is 11.3 Å². The van der Waals surface area contributed by atoms with E-state index >= 15 is 0 Å². The van der Waals surface area contributed by atoms with Crippen molar-refractivity contribution in [1.82, 2.24) is 29.5 Å². The van der Waals surface area contributed by atoms with Crippen molar-refractivity contribution in [2.45, 2.75) is 100 Å². The number of H-pyrrole nitrogens is 1. The molecule has 0 radical (unpaired) electrons. The van der Waals surface area contributed by atoms with Gasteiger partial charge in [-0.05, 0) is 111 Å².